The molecule has 1 aromatic rings. The average molecular weight is 358 g/mol. The summed E-state index contributed by atoms with van der Waals surface area (Å²) in [6.07, 6.45) is 3.61. The van der Waals surface area contributed by atoms with Crippen molar-refractivity contribution >= 4 is 11.7 Å². The van der Waals surface area contributed by atoms with Crippen molar-refractivity contribution in [3.63, 3.8) is 0 Å². The maximum atomic E-state index is 13.2. The van der Waals surface area contributed by atoms with Crippen molar-refractivity contribution in [2.75, 3.05) is 31.1 Å². The highest BCUT2D eigenvalue weighted by Crippen LogP contribution is 2.48. The van der Waals surface area contributed by atoms with Crippen molar-refractivity contribution in [1.82, 2.24) is 14.9 Å². The lowest BCUT2D eigenvalue weighted by atomic mass is 9.63. The third-order valence-corrected chi connectivity index (χ3v) is 6.02. The maximum Gasteiger partial charge on any atom is 0.228 e. The molecule has 0 bridgehead atoms. The number of hydrogen-bond donors (Lipinski definition) is 0. The van der Waals surface area contributed by atoms with Gasteiger partial charge in [-0.3, -0.25) is 4.79 Å². The number of carbonyl (C=O) groups excluding carboxylic acids is 1. The van der Waals surface area contributed by atoms with Gasteiger partial charge in [-0.25, -0.2) is 9.97 Å². The van der Waals surface area contributed by atoms with Gasteiger partial charge in [0.25, 0.3) is 0 Å². The molecule has 0 unspecified atom stereocenters. The van der Waals surface area contributed by atoms with Gasteiger partial charge in [-0.15, -0.1) is 0 Å². The highest BCUT2D eigenvalue weighted by atomic mass is 16.5. The summed E-state index contributed by atoms with van der Waals surface area (Å²) < 4.78 is 6.47. The molecular formula is C20H30N4O2. The van der Waals surface area contributed by atoms with Gasteiger partial charge in [0.15, 0.2) is 0 Å². The summed E-state index contributed by atoms with van der Waals surface area (Å²) in [5, 5.41) is 0. The molecule has 1 aromatic heterocycles. The molecule has 2 aliphatic heterocycles. The van der Waals surface area contributed by atoms with E-state index in [9.17, 15) is 4.79 Å². The summed E-state index contributed by atoms with van der Waals surface area (Å²) in [6, 6.07) is 2.00. The SMILES string of the molecule is Cc1cc(N2CC3(CN(C(=O)C4(C)CC(C)C4)CC(C)(C)O3)C2)ncn1. The number of amides is 1. The molecule has 0 radical (unpaired) electrons. The predicted molar refractivity (Wildman–Crippen MR) is 100.0 cm³/mol. The number of morpholine rings is 1. The predicted octanol–water partition coefficient (Wildman–Crippen LogP) is 2.42. The third-order valence-electron chi connectivity index (χ3n) is 6.02. The highest BCUT2D eigenvalue weighted by molar-refractivity contribution is 5.83. The van der Waals surface area contributed by atoms with Crippen LogP contribution in [0.3, 0.4) is 0 Å². The first-order chi connectivity index (χ1) is 12.1. The molecule has 4 rings (SSSR count). The second-order valence-corrected chi connectivity index (χ2v) is 9.65. The Morgan fingerprint density at radius 1 is 1.15 bits per heavy atom. The minimum atomic E-state index is -0.326. The van der Waals surface area contributed by atoms with Crippen molar-refractivity contribution in [3.8, 4) is 0 Å². The molecule has 6 nitrogen and oxygen atoms in total. The Kier molecular flexibility index (Phi) is 3.85. The molecule has 0 aromatic carbocycles. The zero-order valence-corrected chi connectivity index (χ0v) is 16.6. The van der Waals surface area contributed by atoms with E-state index >= 15 is 0 Å². The van der Waals surface area contributed by atoms with Crippen LogP contribution in [0.15, 0.2) is 12.4 Å². The van der Waals surface area contributed by atoms with Crippen molar-refractivity contribution < 1.29 is 9.53 Å². The van der Waals surface area contributed by atoms with E-state index in [1.807, 2.05) is 13.0 Å². The van der Waals surface area contributed by atoms with E-state index in [-0.39, 0.29) is 16.6 Å². The minimum absolute atomic E-state index is 0.179. The second-order valence-electron chi connectivity index (χ2n) is 9.65. The van der Waals surface area contributed by atoms with Gasteiger partial charge in [-0.05, 0) is 39.5 Å². The molecule has 1 saturated carbocycles. The second kappa shape index (κ2) is 5.65. The molecule has 6 heteroatoms. The monoisotopic (exact) mass is 358 g/mol. The molecule has 1 aliphatic carbocycles. The Hall–Kier alpha value is -1.69. The molecule has 0 atom stereocenters. The summed E-state index contributed by atoms with van der Waals surface area (Å²) >= 11 is 0. The molecule has 3 fully saturated rings. The van der Waals surface area contributed by atoms with Gasteiger partial charge in [-0.2, -0.15) is 0 Å². The van der Waals surface area contributed by atoms with Crippen LogP contribution in [0, 0.1) is 18.3 Å². The number of hydrogen-bond acceptors (Lipinski definition) is 5. The van der Waals surface area contributed by atoms with Crippen LogP contribution in [-0.2, 0) is 9.53 Å². The van der Waals surface area contributed by atoms with Crippen molar-refractivity contribution in [2.45, 2.75) is 58.7 Å². The number of rotatable bonds is 2. The normalized spacial score (nSPS) is 32.1. The summed E-state index contributed by atoms with van der Waals surface area (Å²) in [6.45, 7) is 13.4. The standard InChI is InChI=1S/C20H30N4O2/c1-14-7-19(5,8-14)17(25)24-9-18(3,4)26-20(12-24)10-23(11-20)16-6-15(2)21-13-22-16/h6,13-14H,7-12H2,1-5H3. The van der Waals surface area contributed by atoms with E-state index in [4.69, 9.17) is 4.74 Å². The molecule has 3 heterocycles. The smallest absolute Gasteiger partial charge is 0.228 e. The number of nitrogens with zero attached hydrogens (tertiary/aromatic N) is 4. The number of carbonyl (C=O) groups is 1. The minimum Gasteiger partial charge on any atom is -0.362 e. The summed E-state index contributed by atoms with van der Waals surface area (Å²) in [4.78, 5) is 26.0. The lowest BCUT2D eigenvalue weighted by Crippen LogP contribution is -2.75. The first kappa shape index (κ1) is 17.7. The number of aryl methyl sites for hydroxylation is 1. The molecule has 1 amide bonds. The Balaban J connectivity index is 1.49. The molecule has 1 spiro atoms. The van der Waals surface area contributed by atoms with Crippen molar-refractivity contribution in [1.29, 1.82) is 0 Å². The van der Waals surface area contributed by atoms with Crippen LogP contribution in [0.1, 0.15) is 46.2 Å². The van der Waals surface area contributed by atoms with Gasteiger partial charge in [0, 0.05) is 23.7 Å². The Morgan fingerprint density at radius 3 is 2.46 bits per heavy atom. The van der Waals surface area contributed by atoms with E-state index < -0.39 is 0 Å². The van der Waals surface area contributed by atoms with Gasteiger partial charge >= 0.3 is 0 Å². The van der Waals surface area contributed by atoms with Gasteiger partial charge in [0.2, 0.25) is 5.91 Å². The van der Waals surface area contributed by atoms with E-state index in [0.717, 1.165) is 37.4 Å². The largest absolute Gasteiger partial charge is 0.362 e. The Labute approximate surface area is 155 Å². The van der Waals surface area contributed by atoms with Crippen LogP contribution in [0.25, 0.3) is 0 Å². The lowest BCUT2D eigenvalue weighted by Gasteiger charge is -2.59. The topological polar surface area (TPSA) is 58.6 Å². The van der Waals surface area contributed by atoms with Crippen LogP contribution in [0.5, 0.6) is 0 Å². The van der Waals surface area contributed by atoms with E-state index in [1.165, 1.54) is 0 Å². The first-order valence-corrected chi connectivity index (χ1v) is 9.63. The fraction of sp³-hybridized carbons (Fsp3) is 0.750. The number of ether oxygens (including phenoxy) is 1. The molecule has 26 heavy (non-hydrogen) atoms. The van der Waals surface area contributed by atoms with Gasteiger partial charge in [0.05, 0.1) is 25.2 Å². The molecule has 2 saturated heterocycles. The summed E-state index contributed by atoms with van der Waals surface area (Å²) in [7, 11) is 0. The number of aromatic nitrogens is 2. The van der Waals surface area contributed by atoms with E-state index in [2.05, 4.69) is 47.5 Å². The molecule has 0 N–H and O–H groups in total. The van der Waals surface area contributed by atoms with E-state index in [1.54, 1.807) is 6.33 Å². The average Bonchev–Trinajstić information content (AvgIpc) is 2.48. The lowest BCUT2D eigenvalue weighted by molar-refractivity contribution is -0.214. The summed E-state index contributed by atoms with van der Waals surface area (Å²) in [5.41, 5.74) is 0.168. The number of anilines is 1. The quantitative estimate of drug-likeness (QED) is 0.813. The fourth-order valence-corrected chi connectivity index (χ4v) is 5.28. The van der Waals surface area contributed by atoms with Gasteiger partial charge < -0.3 is 14.5 Å². The fourth-order valence-electron chi connectivity index (χ4n) is 5.28. The highest BCUT2D eigenvalue weighted by Gasteiger charge is 2.56. The van der Waals surface area contributed by atoms with Crippen LogP contribution >= 0.6 is 0 Å². The van der Waals surface area contributed by atoms with Crippen LogP contribution in [0.2, 0.25) is 0 Å². The van der Waals surface area contributed by atoms with Gasteiger partial charge in [-0.1, -0.05) is 13.8 Å². The molecular weight excluding hydrogens is 328 g/mol. The third kappa shape index (κ3) is 2.98. The zero-order chi connectivity index (χ0) is 18.7. The maximum absolute atomic E-state index is 13.2. The van der Waals surface area contributed by atoms with Crippen LogP contribution in [0.4, 0.5) is 5.82 Å². The Morgan fingerprint density at radius 2 is 1.85 bits per heavy atom. The zero-order valence-electron chi connectivity index (χ0n) is 16.6. The van der Waals surface area contributed by atoms with E-state index in [0.29, 0.717) is 24.9 Å². The molecule has 3 aliphatic rings. The molecule has 142 valence electrons. The summed E-state index contributed by atoms with van der Waals surface area (Å²) in [5.74, 6) is 1.91. The Bertz CT molecular complexity index is 720. The first-order valence-electron chi connectivity index (χ1n) is 9.63. The van der Waals surface area contributed by atoms with Crippen LogP contribution in [-0.4, -0.2) is 58.2 Å². The van der Waals surface area contributed by atoms with Crippen molar-refractivity contribution in [3.05, 3.63) is 18.1 Å². The van der Waals surface area contributed by atoms with Gasteiger partial charge in [0.1, 0.15) is 17.7 Å². The van der Waals surface area contributed by atoms with Crippen LogP contribution < -0.4 is 4.90 Å². The van der Waals surface area contributed by atoms with Crippen molar-refractivity contribution in [2.24, 2.45) is 11.3 Å².